The molecule has 4 nitrogen and oxygen atoms in total. The molecule has 0 unspecified atom stereocenters. The van der Waals surface area contributed by atoms with Gasteiger partial charge < -0.3 is 9.83 Å². The molecule has 0 saturated carbocycles. The zero-order chi connectivity index (χ0) is 16.6. The zero-order valence-corrected chi connectivity index (χ0v) is 13.9. The monoisotopic (exact) mass is 329 g/mol. The molecule has 2 aromatic carbocycles. The number of fused-ring (bicyclic) bond motifs is 1. The van der Waals surface area contributed by atoms with Crippen LogP contribution in [-0.2, 0) is 21.3 Å². The van der Waals surface area contributed by atoms with Crippen molar-refractivity contribution >= 4 is 21.7 Å². The molecule has 0 saturated heterocycles. The summed E-state index contributed by atoms with van der Waals surface area (Å²) in [5.41, 5.74) is 2.15. The van der Waals surface area contributed by atoms with Crippen LogP contribution >= 0.6 is 0 Å². The zero-order valence-electron chi connectivity index (χ0n) is 13.0. The largest absolute Gasteiger partial charge is 0.478 e. The van der Waals surface area contributed by atoms with E-state index < -0.39 is 16.1 Å². The molecule has 2 aromatic rings. The summed E-state index contributed by atoms with van der Waals surface area (Å²) in [5.74, 6) is -1.00. The molecule has 5 heteroatoms. The summed E-state index contributed by atoms with van der Waals surface area (Å²) in [4.78, 5) is 13.0. The van der Waals surface area contributed by atoms with Crippen LogP contribution in [0.1, 0.15) is 25.0 Å². The first kappa shape index (κ1) is 15.5. The highest BCUT2D eigenvalue weighted by molar-refractivity contribution is 8.01. The fourth-order valence-electron chi connectivity index (χ4n) is 3.08. The Morgan fingerprint density at radius 1 is 1.13 bits per heavy atom. The number of hydrogen-bond acceptors (Lipinski definition) is 2. The highest BCUT2D eigenvalue weighted by Crippen LogP contribution is 2.40. The predicted octanol–water partition coefficient (Wildman–Crippen LogP) is 3.02. The van der Waals surface area contributed by atoms with Gasteiger partial charge in [0.05, 0.1) is 5.57 Å². The van der Waals surface area contributed by atoms with Crippen molar-refractivity contribution in [3.8, 4) is 0 Å². The van der Waals surface area contributed by atoms with Crippen LogP contribution in [0.15, 0.2) is 64.0 Å². The summed E-state index contributed by atoms with van der Waals surface area (Å²) >= 11 is 0. The summed E-state index contributed by atoms with van der Waals surface area (Å²) < 4.78 is 16.8. The lowest BCUT2D eigenvalue weighted by atomic mass is 9.96. The molecule has 23 heavy (non-hydrogen) atoms. The topological polar surface area (TPSA) is 66.4 Å². The van der Waals surface area contributed by atoms with Crippen molar-refractivity contribution in [1.29, 1.82) is 0 Å². The second-order valence-electron chi connectivity index (χ2n) is 5.53. The molecule has 3 rings (SSSR count). The van der Waals surface area contributed by atoms with Gasteiger partial charge in [0, 0.05) is 31.2 Å². The molecular formula is C18H19NO3S. The number of hydrogen-bond donors (Lipinski definition) is 3. The van der Waals surface area contributed by atoms with Crippen LogP contribution in [0.5, 0.6) is 0 Å². The van der Waals surface area contributed by atoms with E-state index in [1.165, 1.54) is 0 Å². The number of carboxylic acids is 1. The maximum absolute atomic E-state index is 13.8. The van der Waals surface area contributed by atoms with E-state index in [0.717, 1.165) is 5.56 Å². The van der Waals surface area contributed by atoms with E-state index in [4.69, 9.17) is 0 Å². The summed E-state index contributed by atoms with van der Waals surface area (Å²) in [6.07, 6.45) is 0.683. The Morgan fingerprint density at radius 2 is 1.83 bits per heavy atom. The molecule has 1 aliphatic heterocycles. The summed E-state index contributed by atoms with van der Waals surface area (Å²) in [6, 6.07) is 14.7. The van der Waals surface area contributed by atoms with Crippen LogP contribution in [-0.4, -0.2) is 15.3 Å². The number of rotatable bonds is 3. The molecule has 0 aromatic heterocycles. The van der Waals surface area contributed by atoms with Crippen LogP contribution in [0.3, 0.4) is 0 Å². The minimum absolute atomic E-state index is 0.208. The number of carboxylic acid groups (broad SMARTS) is 1. The van der Waals surface area contributed by atoms with Gasteiger partial charge in [0.15, 0.2) is 0 Å². The van der Waals surface area contributed by atoms with Crippen LogP contribution in [0, 0.1) is 0 Å². The van der Waals surface area contributed by atoms with Crippen molar-refractivity contribution in [2.45, 2.75) is 30.1 Å². The van der Waals surface area contributed by atoms with Crippen molar-refractivity contribution in [2.75, 3.05) is 0 Å². The molecule has 120 valence electrons. The van der Waals surface area contributed by atoms with Gasteiger partial charge in [-0.25, -0.2) is 4.79 Å². The first-order valence-electron chi connectivity index (χ1n) is 7.50. The van der Waals surface area contributed by atoms with E-state index in [1.807, 2.05) is 49.4 Å². The van der Waals surface area contributed by atoms with E-state index in [2.05, 4.69) is 4.72 Å². The number of aryl methyl sites for hydroxylation is 1. The van der Waals surface area contributed by atoms with Crippen molar-refractivity contribution in [3.63, 3.8) is 0 Å². The highest BCUT2D eigenvalue weighted by atomic mass is 32.3. The van der Waals surface area contributed by atoms with Crippen molar-refractivity contribution < 1.29 is 14.1 Å². The fourth-order valence-corrected chi connectivity index (χ4v) is 5.65. The van der Waals surface area contributed by atoms with Gasteiger partial charge in [-0.1, -0.05) is 37.3 Å². The van der Waals surface area contributed by atoms with E-state index in [0.29, 0.717) is 27.5 Å². The lowest BCUT2D eigenvalue weighted by molar-refractivity contribution is -0.130. The average Bonchev–Trinajstić information content (AvgIpc) is 2.55. The highest BCUT2D eigenvalue weighted by Gasteiger charge is 2.34. The molecular weight excluding hydrogens is 310 g/mol. The molecule has 1 aliphatic rings. The molecule has 0 bridgehead atoms. The Kier molecular flexibility index (Phi) is 3.82. The van der Waals surface area contributed by atoms with Crippen LogP contribution in [0.4, 0.5) is 0 Å². The minimum Gasteiger partial charge on any atom is -0.478 e. The molecule has 0 aliphatic carbocycles. The normalized spacial score (nSPS) is 17.1. The number of benzene rings is 2. The van der Waals surface area contributed by atoms with Gasteiger partial charge in [0.1, 0.15) is 0 Å². The molecule has 0 spiro atoms. The van der Waals surface area contributed by atoms with Gasteiger partial charge in [-0.05, 0) is 37.1 Å². The number of thiol groups is 1. The van der Waals surface area contributed by atoms with Gasteiger partial charge in [-0.15, -0.1) is 0 Å². The van der Waals surface area contributed by atoms with Crippen molar-refractivity contribution in [2.24, 2.45) is 0 Å². The summed E-state index contributed by atoms with van der Waals surface area (Å²) in [7, 11) is -3.10. The van der Waals surface area contributed by atoms with E-state index >= 15 is 0 Å². The summed E-state index contributed by atoms with van der Waals surface area (Å²) in [5, 5.41) is 9.63. The molecule has 0 atom stereocenters. The smallest absolute Gasteiger partial charge is 0.338 e. The Labute approximate surface area is 136 Å². The first-order chi connectivity index (χ1) is 11.0. The number of aliphatic carboxylic acids is 1. The second-order valence-corrected chi connectivity index (χ2v) is 7.97. The number of nitrogens with one attached hydrogen (secondary N) is 1. The molecule has 1 heterocycles. The van der Waals surface area contributed by atoms with E-state index in [1.54, 1.807) is 13.0 Å². The third kappa shape index (κ3) is 2.37. The fraction of sp³-hybridized carbons (Fsp3) is 0.167. The van der Waals surface area contributed by atoms with Crippen molar-refractivity contribution in [1.82, 2.24) is 4.72 Å². The maximum atomic E-state index is 13.8. The lowest BCUT2D eigenvalue weighted by Crippen LogP contribution is -2.36. The van der Waals surface area contributed by atoms with Gasteiger partial charge >= 0.3 is 5.97 Å². The molecule has 0 amide bonds. The van der Waals surface area contributed by atoms with Gasteiger partial charge in [-0.2, -0.15) is 0 Å². The predicted molar refractivity (Wildman–Crippen MR) is 91.7 cm³/mol. The minimum atomic E-state index is -3.10. The average molecular weight is 329 g/mol. The second kappa shape index (κ2) is 5.66. The Bertz CT molecular complexity index is 856. The van der Waals surface area contributed by atoms with Gasteiger partial charge in [-0.3, -0.25) is 4.21 Å². The summed E-state index contributed by atoms with van der Waals surface area (Å²) in [6.45, 7) is 3.65. The third-order valence-electron chi connectivity index (χ3n) is 4.13. The number of carbonyl (C=O) groups is 1. The molecule has 0 radical (unpaired) electrons. The number of allylic oxidation sites excluding steroid dienone is 1. The Balaban J connectivity index is 2.37. The van der Waals surface area contributed by atoms with Crippen LogP contribution in [0.25, 0.3) is 5.57 Å². The van der Waals surface area contributed by atoms with E-state index in [9.17, 15) is 14.1 Å². The standard InChI is InChI=1S/C18H19NO3S/c1-3-13-8-7-11-15-17(13)16(18(20)21)12(2)19-23(15,22)14-9-5-4-6-10-14/h4-11,23H,3H2,1-2H3,(H,19,22)(H,20,21). The van der Waals surface area contributed by atoms with Crippen LogP contribution in [0.2, 0.25) is 0 Å². The lowest BCUT2D eigenvalue weighted by Gasteiger charge is -2.35. The Morgan fingerprint density at radius 3 is 2.43 bits per heavy atom. The maximum Gasteiger partial charge on any atom is 0.338 e. The quantitative estimate of drug-likeness (QED) is 0.758. The van der Waals surface area contributed by atoms with E-state index in [-0.39, 0.29) is 5.57 Å². The first-order valence-corrected chi connectivity index (χ1v) is 9.20. The third-order valence-corrected chi connectivity index (χ3v) is 6.86. The van der Waals surface area contributed by atoms with Gasteiger partial charge in [0.2, 0.25) is 0 Å². The van der Waals surface area contributed by atoms with Crippen LogP contribution < -0.4 is 4.72 Å². The SMILES string of the molecule is CCc1cccc2c1C(C(=O)O)=C(C)N[SH]2(=O)c1ccccc1. The molecule has 0 fully saturated rings. The van der Waals surface area contributed by atoms with Crippen molar-refractivity contribution in [3.05, 3.63) is 65.4 Å². The molecule has 2 N–H and O–H groups in total. The Hall–Kier alpha value is -2.40. The van der Waals surface area contributed by atoms with Gasteiger partial charge in [0.25, 0.3) is 0 Å².